The van der Waals surface area contributed by atoms with Crippen LogP contribution in [0.15, 0.2) is 34.0 Å². The summed E-state index contributed by atoms with van der Waals surface area (Å²) in [5.74, 6) is 0. The Morgan fingerprint density at radius 1 is 1.08 bits per heavy atom. The first kappa shape index (κ1) is 17.8. The third-order valence-corrected chi connectivity index (χ3v) is 5.84. The number of nitrogens with one attached hydrogen (secondary N) is 1. The lowest BCUT2D eigenvalue weighted by molar-refractivity contribution is 0.526. The second kappa shape index (κ2) is 7.09. The SMILES string of the molecule is Cc1cc(C)cc(S(=O)(=O)NCCn2nc3c(cc2=O)CCCC3)c1. The number of hydrogen-bond acceptors (Lipinski definition) is 4. The molecule has 134 valence electrons. The van der Waals surface area contributed by atoms with Crippen LogP contribution in [0.3, 0.4) is 0 Å². The van der Waals surface area contributed by atoms with Gasteiger partial charge in [0.25, 0.3) is 5.56 Å². The third kappa shape index (κ3) is 4.16. The molecule has 6 nitrogen and oxygen atoms in total. The zero-order valence-corrected chi connectivity index (χ0v) is 15.4. The van der Waals surface area contributed by atoms with Crippen LogP contribution in [0.4, 0.5) is 0 Å². The van der Waals surface area contributed by atoms with Gasteiger partial charge in [-0.2, -0.15) is 5.10 Å². The Bertz CT molecular complexity index is 928. The van der Waals surface area contributed by atoms with Crippen molar-refractivity contribution < 1.29 is 8.42 Å². The summed E-state index contributed by atoms with van der Waals surface area (Å²) < 4.78 is 28.8. The largest absolute Gasteiger partial charge is 0.268 e. The molecular weight excluding hydrogens is 338 g/mol. The van der Waals surface area contributed by atoms with Crippen LogP contribution in [0.1, 0.15) is 35.2 Å². The van der Waals surface area contributed by atoms with Gasteiger partial charge in [0.05, 0.1) is 17.1 Å². The number of benzene rings is 1. The number of rotatable bonds is 5. The van der Waals surface area contributed by atoms with Crippen molar-refractivity contribution >= 4 is 10.0 Å². The normalized spacial score (nSPS) is 14.3. The molecule has 0 unspecified atom stereocenters. The van der Waals surface area contributed by atoms with Crippen LogP contribution >= 0.6 is 0 Å². The van der Waals surface area contributed by atoms with Gasteiger partial charge in [0.15, 0.2) is 0 Å². The highest BCUT2D eigenvalue weighted by molar-refractivity contribution is 7.89. The zero-order valence-electron chi connectivity index (χ0n) is 14.6. The van der Waals surface area contributed by atoms with Crippen LogP contribution in [-0.2, 0) is 29.4 Å². The van der Waals surface area contributed by atoms with E-state index in [-0.39, 0.29) is 23.5 Å². The molecule has 0 amide bonds. The van der Waals surface area contributed by atoms with Crippen molar-refractivity contribution in [3.63, 3.8) is 0 Å². The number of sulfonamides is 1. The molecule has 0 radical (unpaired) electrons. The van der Waals surface area contributed by atoms with E-state index < -0.39 is 10.0 Å². The maximum atomic E-state index is 12.4. The molecule has 0 spiro atoms. The maximum absolute atomic E-state index is 12.4. The fourth-order valence-electron chi connectivity index (χ4n) is 3.22. The Morgan fingerprint density at radius 2 is 1.76 bits per heavy atom. The van der Waals surface area contributed by atoms with E-state index in [0.29, 0.717) is 0 Å². The van der Waals surface area contributed by atoms with Crippen molar-refractivity contribution in [3.05, 3.63) is 57.0 Å². The predicted molar refractivity (Wildman–Crippen MR) is 96.2 cm³/mol. The lowest BCUT2D eigenvalue weighted by Crippen LogP contribution is -2.33. The molecule has 0 bridgehead atoms. The summed E-state index contributed by atoms with van der Waals surface area (Å²) in [6.45, 7) is 4.07. The summed E-state index contributed by atoms with van der Waals surface area (Å²) in [7, 11) is -3.60. The van der Waals surface area contributed by atoms with Crippen molar-refractivity contribution in [3.8, 4) is 0 Å². The molecule has 25 heavy (non-hydrogen) atoms. The van der Waals surface area contributed by atoms with Gasteiger partial charge in [-0.1, -0.05) is 6.07 Å². The van der Waals surface area contributed by atoms with Crippen molar-refractivity contribution in [2.24, 2.45) is 0 Å². The van der Waals surface area contributed by atoms with Crippen LogP contribution in [0.5, 0.6) is 0 Å². The zero-order chi connectivity index (χ0) is 18.0. The van der Waals surface area contributed by atoms with Crippen LogP contribution in [-0.4, -0.2) is 24.7 Å². The van der Waals surface area contributed by atoms with Crippen molar-refractivity contribution in [1.29, 1.82) is 0 Å². The second-order valence-corrected chi connectivity index (χ2v) is 8.37. The molecule has 1 aromatic heterocycles. The molecular formula is C18H23N3O3S. The predicted octanol–water partition coefficient (Wildman–Crippen LogP) is 1.72. The summed E-state index contributed by atoms with van der Waals surface area (Å²) in [6.07, 6.45) is 3.95. The van der Waals surface area contributed by atoms with Crippen molar-refractivity contribution in [2.75, 3.05) is 6.54 Å². The molecule has 0 atom stereocenters. The monoisotopic (exact) mass is 361 g/mol. The smallest absolute Gasteiger partial charge is 0.267 e. The minimum absolute atomic E-state index is 0.126. The van der Waals surface area contributed by atoms with Gasteiger partial charge in [0.2, 0.25) is 10.0 Å². The number of fused-ring (bicyclic) bond motifs is 1. The quantitative estimate of drug-likeness (QED) is 0.879. The Labute approximate surface area is 147 Å². The van der Waals surface area contributed by atoms with E-state index in [9.17, 15) is 13.2 Å². The number of hydrogen-bond donors (Lipinski definition) is 1. The maximum Gasteiger partial charge on any atom is 0.267 e. The lowest BCUT2D eigenvalue weighted by atomic mass is 9.97. The van der Waals surface area contributed by atoms with E-state index in [1.165, 1.54) is 4.68 Å². The standard InChI is InChI=1S/C18H23N3O3S/c1-13-9-14(2)11-16(10-13)25(23,24)19-7-8-21-18(22)12-15-5-3-4-6-17(15)20-21/h9-12,19H,3-8H2,1-2H3. The average molecular weight is 361 g/mol. The first-order chi connectivity index (χ1) is 11.8. The van der Waals surface area contributed by atoms with Gasteiger partial charge < -0.3 is 0 Å². The topological polar surface area (TPSA) is 81.1 Å². The molecule has 3 rings (SSSR count). The van der Waals surface area contributed by atoms with E-state index in [1.807, 2.05) is 19.9 Å². The first-order valence-corrected chi connectivity index (χ1v) is 10.0. The molecule has 1 aliphatic rings. The van der Waals surface area contributed by atoms with Crippen molar-refractivity contribution in [1.82, 2.24) is 14.5 Å². The highest BCUT2D eigenvalue weighted by Crippen LogP contribution is 2.17. The Hall–Kier alpha value is -1.99. The van der Waals surface area contributed by atoms with Gasteiger partial charge in [0.1, 0.15) is 0 Å². The molecule has 1 heterocycles. The molecule has 0 fully saturated rings. The Morgan fingerprint density at radius 3 is 2.48 bits per heavy atom. The molecule has 0 saturated heterocycles. The molecule has 0 aliphatic heterocycles. The van der Waals surface area contributed by atoms with E-state index >= 15 is 0 Å². The minimum atomic E-state index is -3.60. The molecule has 0 saturated carbocycles. The first-order valence-electron chi connectivity index (χ1n) is 8.53. The lowest BCUT2D eigenvalue weighted by Gasteiger charge is -2.16. The molecule has 1 aliphatic carbocycles. The average Bonchev–Trinajstić information content (AvgIpc) is 2.54. The highest BCUT2D eigenvalue weighted by Gasteiger charge is 2.16. The van der Waals surface area contributed by atoms with Gasteiger partial charge in [-0.3, -0.25) is 4.79 Å². The highest BCUT2D eigenvalue weighted by atomic mass is 32.2. The van der Waals surface area contributed by atoms with Crippen LogP contribution < -0.4 is 10.3 Å². The molecule has 1 N–H and O–H groups in total. The molecule has 1 aromatic carbocycles. The van der Waals surface area contributed by atoms with Gasteiger partial charge in [-0.15, -0.1) is 0 Å². The van der Waals surface area contributed by atoms with Crippen LogP contribution in [0.25, 0.3) is 0 Å². The van der Waals surface area contributed by atoms with Crippen molar-refractivity contribution in [2.45, 2.75) is 51.0 Å². The second-order valence-electron chi connectivity index (χ2n) is 6.61. The number of aryl methyl sites for hydroxylation is 4. The summed E-state index contributed by atoms with van der Waals surface area (Å²) in [5.41, 5.74) is 3.61. The summed E-state index contributed by atoms with van der Waals surface area (Å²) in [5, 5.41) is 4.40. The minimum Gasteiger partial charge on any atom is -0.268 e. The van der Waals surface area contributed by atoms with E-state index in [4.69, 9.17) is 0 Å². The summed E-state index contributed by atoms with van der Waals surface area (Å²) >= 11 is 0. The fourth-order valence-corrected chi connectivity index (χ4v) is 4.43. The third-order valence-electron chi connectivity index (χ3n) is 4.40. The number of aromatic nitrogens is 2. The van der Waals surface area contributed by atoms with E-state index in [1.54, 1.807) is 18.2 Å². The van der Waals surface area contributed by atoms with Gasteiger partial charge in [0, 0.05) is 12.6 Å². The summed E-state index contributed by atoms with van der Waals surface area (Å²) in [4.78, 5) is 12.4. The molecule has 2 aromatic rings. The Balaban J connectivity index is 1.71. The number of nitrogens with zero attached hydrogens (tertiary/aromatic N) is 2. The van der Waals surface area contributed by atoms with Gasteiger partial charge >= 0.3 is 0 Å². The Kier molecular flexibility index (Phi) is 5.06. The molecule has 7 heteroatoms. The van der Waals surface area contributed by atoms with Gasteiger partial charge in [-0.25, -0.2) is 17.8 Å². The fraction of sp³-hybridized carbons (Fsp3) is 0.444. The van der Waals surface area contributed by atoms with Gasteiger partial charge in [-0.05, 0) is 68.4 Å². The van der Waals surface area contributed by atoms with E-state index in [2.05, 4.69) is 9.82 Å². The summed E-state index contributed by atoms with van der Waals surface area (Å²) in [6, 6.07) is 6.84. The van der Waals surface area contributed by atoms with Crippen LogP contribution in [0.2, 0.25) is 0 Å². The van der Waals surface area contributed by atoms with E-state index in [0.717, 1.165) is 48.1 Å². The van der Waals surface area contributed by atoms with Crippen LogP contribution in [0, 0.1) is 13.8 Å².